The molecule has 0 saturated heterocycles. The summed E-state index contributed by atoms with van der Waals surface area (Å²) in [7, 11) is 0. The van der Waals surface area contributed by atoms with Crippen LogP contribution < -0.4 is 11.1 Å². The van der Waals surface area contributed by atoms with Gasteiger partial charge in [-0.2, -0.15) is 0 Å². The third kappa shape index (κ3) is 4.26. The zero-order chi connectivity index (χ0) is 14.4. The quantitative estimate of drug-likeness (QED) is 0.301. The second-order valence-corrected chi connectivity index (χ2v) is 3.78. The number of nitrogens with zero attached hydrogens (tertiary/aromatic N) is 1. The monoisotopic (exact) mass is 267 g/mol. The van der Waals surface area contributed by atoms with Crippen molar-refractivity contribution in [3.63, 3.8) is 0 Å². The van der Waals surface area contributed by atoms with Crippen LogP contribution in [0.5, 0.6) is 0 Å². The standard InChI is InChI=1S/C11H13N3O5/c12-8-4-3-7(6-9(8)14(18)19)11(17)13-5-1-2-10(15)16/h3-4,6H,1-2,5,12H2,(H,13,17)(H,15,16). The van der Waals surface area contributed by atoms with Crippen molar-refractivity contribution in [1.29, 1.82) is 0 Å². The minimum atomic E-state index is -0.947. The third-order valence-corrected chi connectivity index (χ3v) is 2.34. The molecule has 0 fully saturated rings. The highest BCUT2D eigenvalue weighted by atomic mass is 16.6. The zero-order valence-electron chi connectivity index (χ0n) is 9.96. The number of rotatable bonds is 6. The number of nitrogen functional groups attached to an aromatic ring is 1. The first-order chi connectivity index (χ1) is 8.91. The number of carbonyl (C=O) groups is 2. The number of nitro groups is 1. The van der Waals surface area contributed by atoms with Gasteiger partial charge in [0.1, 0.15) is 5.69 Å². The van der Waals surface area contributed by atoms with Gasteiger partial charge in [-0.05, 0) is 18.6 Å². The molecule has 1 amide bonds. The highest BCUT2D eigenvalue weighted by molar-refractivity contribution is 5.95. The van der Waals surface area contributed by atoms with E-state index in [1.165, 1.54) is 12.1 Å². The van der Waals surface area contributed by atoms with Crippen molar-refractivity contribution in [3.05, 3.63) is 33.9 Å². The number of benzene rings is 1. The van der Waals surface area contributed by atoms with E-state index in [2.05, 4.69) is 5.32 Å². The maximum absolute atomic E-state index is 11.7. The summed E-state index contributed by atoms with van der Waals surface area (Å²) in [6, 6.07) is 3.74. The Hall–Kier alpha value is -2.64. The molecular weight excluding hydrogens is 254 g/mol. The lowest BCUT2D eigenvalue weighted by atomic mass is 10.1. The number of nitrogens with two attached hydrogens (primary N) is 1. The Kier molecular flexibility index (Phi) is 4.81. The van der Waals surface area contributed by atoms with Gasteiger partial charge in [-0.25, -0.2) is 0 Å². The molecule has 0 saturated carbocycles. The minimum absolute atomic E-state index is 0.0209. The molecule has 0 aliphatic heterocycles. The molecule has 0 atom stereocenters. The molecule has 0 aliphatic carbocycles. The van der Waals surface area contributed by atoms with Gasteiger partial charge in [0.05, 0.1) is 4.92 Å². The van der Waals surface area contributed by atoms with E-state index in [0.29, 0.717) is 0 Å². The lowest BCUT2D eigenvalue weighted by Crippen LogP contribution is -2.25. The summed E-state index contributed by atoms with van der Waals surface area (Å²) in [4.78, 5) is 31.9. The molecular formula is C11H13N3O5. The van der Waals surface area contributed by atoms with E-state index in [1.54, 1.807) is 0 Å². The van der Waals surface area contributed by atoms with Crippen molar-refractivity contribution < 1.29 is 19.6 Å². The largest absolute Gasteiger partial charge is 0.481 e. The second kappa shape index (κ2) is 6.34. The van der Waals surface area contributed by atoms with Gasteiger partial charge < -0.3 is 16.2 Å². The first kappa shape index (κ1) is 14.4. The van der Waals surface area contributed by atoms with Crippen LogP contribution in [0, 0.1) is 10.1 Å². The van der Waals surface area contributed by atoms with E-state index >= 15 is 0 Å². The maximum Gasteiger partial charge on any atom is 0.303 e. The summed E-state index contributed by atoms with van der Waals surface area (Å²) in [5.74, 6) is -1.45. The van der Waals surface area contributed by atoms with Crippen molar-refractivity contribution in [2.45, 2.75) is 12.8 Å². The number of carbonyl (C=O) groups excluding carboxylic acids is 1. The molecule has 0 heterocycles. The predicted molar refractivity (Wildman–Crippen MR) is 66.7 cm³/mol. The molecule has 4 N–H and O–H groups in total. The number of nitro benzene ring substituents is 1. The molecule has 19 heavy (non-hydrogen) atoms. The van der Waals surface area contributed by atoms with Crippen LogP contribution in [0.15, 0.2) is 18.2 Å². The third-order valence-electron chi connectivity index (χ3n) is 2.34. The van der Waals surface area contributed by atoms with Crippen molar-refractivity contribution in [2.75, 3.05) is 12.3 Å². The van der Waals surface area contributed by atoms with Crippen molar-refractivity contribution in [2.24, 2.45) is 0 Å². The first-order valence-corrected chi connectivity index (χ1v) is 5.45. The smallest absolute Gasteiger partial charge is 0.303 e. The van der Waals surface area contributed by atoms with Crippen LogP contribution in [0.4, 0.5) is 11.4 Å². The summed E-state index contributed by atoms with van der Waals surface area (Å²) >= 11 is 0. The number of amides is 1. The van der Waals surface area contributed by atoms with E-state index in [-0.39, 0.29) is 36.3 Å². The molecule has 0 unspecified atom stereocenters. The van der Waals surface area contributed by atoms with Crippen molar-refractivity contribution >= 4 is 23.3 Å². The molecule has 1 aromatic carbocycles. The highest BCUT2D eigenvalue weighted by Gasteiger charge is 2.15. The zero-order valence-corrected chi connectivity index (χ0v) is 9.96. The van der Waals surface area contributed by atoms with Gasteiger partial charge in [-0.3, -0.25) is 19.7 Å². The van der Waals surface area contributed by atoms with E-state index in [0.717, 1.165) is 6.07 Å². The number of hydrogen-bond donors (Lipinski definition) is 3. The Balaban J connectivity index is 2.65. The van der Waals surface area contributed by atoms with E-state index in [4.69, 9.17) is 10.8 Å². The summed E-state index contributed by atoms with van der Waals surface area (Å²) in [5, 5.41) is 21.6. The molecule has 102 valence electrons. The summed E-state index contributed by atoms with van der Waals surface area (Å²) in [6.45, 7) is 0.184. The number of anilines is 1. The summed E-state index contributed by atoms with van der Waals surface area (Å²) < 4.78 is 0. The van der Waals surface area contributed by atoms with Gasteiger partial charge in [-0.1, -0.05) is 0 Å². The molecule has 8 heteroatoms. The molecule has 0 bridgehead atoms. The van der Waals surface area contributed by atoms with Gasteiger partial charge in [0.2, 0.25) is 0 Å². The molecule has 1 aromatic rings. The Morgan fingerprint density at radius 3 is 2.68 bits per heavy atom. The minimum Gasteiger partial charge on any atom is -0.481 e. The Morgan fingerprint density at radius 1 is 1.42 bits per heavy atom. The number of carboxylic acids is 1. The fourth-order valence-corrected chi connectivity index (χ4v) is 1.39. The Morgan fingerprint density at radius 2 is 2.11 bits per heavy atom. The average Bonchev–Trinajstić information content (AvgIpc) is 2.34. The van der Waals surface area contributed by atoms with Gasteiger partial charge in [0.15, 0.2) is 0 Å². The molecule has 1 rings (SSSR count). The topological polar surface area (TPSA) is 136 Å². The van der Waals surface area contributed by atoms with Gasteiger partial charge in [-0.15, -0.1) is 0 Å². The van der Waals surface area contributed by atoms with Crippen LogP contribution in [0.1, 0.15) is 23.2 Å². The van der Waals surface area contributed by atoms with Crippen LogP contribution in [0.2, 0.25) is 0 Å². The van der Waals surface area contributed by atoms with E-state index in [9.17, 15) is 19.7 Å². The number of hydrogen-bond acceptors (Lipinski definition) is 5. The van der Waals surface area contributed by atoms with Crippen LogP contribution in [-0.2, 0) is 4.79 Å². The highest BCUT2D eigenvalue weighted by Crippen LogP contribution is 2.22. The molecule has 8 nitrogen and oxygen atoms in total. The fourth-order valence-electron chi connectivity index (χ4n) is 1.39. The Labute approximate surface area is 108 Å². The fraction of sp³-hybridized carbons (Fsp3) is 0.273. The number of aliphatic carboxylic acids is 1. The number of nitrogens with one attached hydrogen (secondary N) is 1. The van der Waals surface area contributed by atoms with Gasteiger partial charge >= 0.3 is 5.97 Å². The lowest BCUT2D eigenvalue weighted by molar-refractivity contribution is -0.383. The predicted octanol–water partition coefficient (Wildman–Crippen LogP) is 0.772. The maximum atomic E-state index is 11.7. The van der Waals surface area contributed by atoms with Crippen molar-refractivity contribution in [1.82, 2.24) is 5.32 Å². The van der Waals surface area contributed by atoms with Crippen LogP contribution in [0.25, 0.3) is 0 Å². The summed E-state index contributed by atoms with van der Waals surface area (Å²) in [6.07, 6.45) is 0.236. The van der Waals surface area contributed by atoms with Crippen LogP contribution in [-0.4, -0.2) is 28.5 Å². The molecule has 0 aliphatic rings. The normalized spacial score (nSPS) is 9.89. The molecule has 0 aromatic heterocycles. The Bertz CT molecular complexity index is 515. The summed E-state index contributed by atoms with van der Waals surface area (Å²) in [5.41, 5.74) is 5.16. The number of carboxylic acid groups (broad SMARTS) is 1. The van der Waals surface area contributed by atoms with E-state index < -0.39 is 16.8 Å². The molecule has 0 spiro atoms. The lowest BCUT2D eigenvalue weighted by Gasteiger charge is -2.05. The SMILES string of the molecule is Nc1ccc(C(=O)NCCCC(=O)O)cc1[N+](=O)[O-]. The average molecular weight is 267 g/mol. The van der Waals surface area contributed by atoms with Crippen LogP contribution in [0.3, 0.4) is 0 Å². The van der Waals surface area contributed by atoms with E-state index in [1.807, 2.05) is 0 Å². The second-order valence-electron chi connectivity index (χ2n) is 3.78. The van der Waals surface area contributed by atoms with Gasteiger partial charge in [0.25, 0.3) is 11.6 Å². The van der Waals surface area contributed by atoms with Crippen molar-refractivity contribution in [3.8, 4) is 0 Å². The molecule has 0 radical (unpaired) electrons. The van der Waals surface area contributed by atoms with Gasteiger partial charge in [0, 0.05) is 24.6 Å². The first-order valence-electron chi connectivity index (χ1n) is 5.45. The van der Waals surface area contributed by atoms with Crippen LogP contribution >= 0.6 is 0 Å².